The van der Waals surface area contributed by atoms with Crippen LogP contribution in [-0.4, -0.2) is 27.0 Å². The smallest absolute Gasteiger partial charge is 0.309 e. The quantitative estimate of drug-likeness (QED) is 0.887. The van der Waals surface area contributed by atoms with Gasteiger partial charge in [-0.1, -0.05) is 18.5 Å². The molecule has 1 saturated carbocycles. The van der Waals surface area contributed by atoms with E-state index in [0.717, 1.165) is 0 Å². The predicted molar refractivity (Wildman–Crippen MR) is 81.2 cm³/mol. The van der Waals surface area contributed by atoms with Gasteiger partial charge in [-0.15, -0.1) is 0 Å². The maximum Gasteiger partial charge on any atom is 0.309 e. The van der Waals surface area contributed by atoms with E-state index in [1.165, 1.54) is 12.4 Å². The zero-order chi connectivity index (χ0) is 16.4. The molecule has 0 saturated heterocycles. The van der Waals surface area contributed by atoms with Crippen LogP contribution in [-0.2, 0) is 16.1 Å². The van der Waals surface area contributed by atoms with Crippen LogP contribution in [0.25, 0.3) is 0 Å². The third-order valence-corrected chi connectivity index (χ3v) is 4.98. The highest BCUT2D eigenvalue weighted by molar-refractivity contribution is 6.29. The number of nitrogens with zero attached hydrogens (tertiary/aromatic N) is 2. The largest absolute Gasteiger partial charge is 0.481 e. The van der Waals surface area contributed by atoms with E-state index in [1.54, 1.807) is 6.92 Å². The summed E-state index contributed by atoms with van der Waals surface area (Å²) in [6, 6.07) is 0. The number of amides is 1. The van der Waals surface area contributed by atoms with Crippen LogP contribution in [0.5, 0.6) is 0 Å². The van der Waals surface area contributed by atoms with Crippen molar-refractivity contribution in [2.75, 3.05) is 0 Å². The van der Waals surface area contributed by atoms with Crippen LogP contribution >= 0.6 is 11.6 Å². The number of aromatic nitrogens is 2. The van der Waals surface area contributed by atoms with Crippen molar-refractivity contribution < 1.29 is 14.7 Å². The summed E-state index contributed by atoms with van der Waals surface area (Å²) in [4.78, 5) is 31.7. The average molecular weight is 326 g/mol. The van der Waals surface area contributed by atoms with Gasteiger partial charge in [-0.2, -0.15) is 0 Å². The molecule has 1 aromatic heterocycles. The fourth-order valence-corrected chi connectivity index (χ4v) is 2.81. The third-order valence-electron chi connectivity index (χ3n) is 4.66. The van der Waals surface area contributed by atoms with Gasteiger partial charge in [0, 0.05) is 17.8 Å². The van der Waals surface area contributed by atoms with Gasteiger partial charge < -0.3 is 10.4 Å². The second-order valence-electron chi connectivity index (χ2n) is 6.40. The Labute approximate surface area is 134 Å². The second-order valence-corrected chi connectivity index (χ2v) is 6.76. The van der Waals surface area contributed by atoms with Crippen molar-refractivity contribution in [3.8, 4) is 0 Å². The molecule has 0 aliphatic heterocycles. The second kappa shape index (κ2) is 6.20. The Morgan fingerprint density at radius 1 is 1.18 bits per heavy atom. The summed E-state index contributed by atoms with van der Waals surface area (Å²) in [5.74, 6) is -0.886. The van der Waals surface area contributed by atoms with E-state index in [2.05, 4.69) is 15.3 Å². The zero-order valence-corrected chi connectivity index (χ0v) is 13.5. The maximum atomic E-state index is 12.4. The fourth-order valence-electron chi connectivity index (χ4n) is 2.64. The number of carboxylic acids is 1. The third kappa shape index (κ3) is 3.38. The van der Waals surface area contributed by atoms with Gasteiger partial charge in [-0.3, -0.25) is 14.6 Å². The highest BCUT2D eigenvalue weighted by Gasteiger charge is 2.45. The number of carbonyl (C=O) groups is 2. The Morgan fingerprint density at radius 3 is 2.27 bits per heavy atom. The molecule has 1 heterocycles. The Hall–Kier alpha value is -1.69. The average Bonchev–Trinajstić information content (AvgIpc) is 2.49. The van der Waals surface area contributed by atoms with Gasteiger partial charge in [0.05, 0.1) is 17.7 Å². The van der Waals surface area contributed by atoms with Gasteiger partial charge in [0.1, 0.15) is 0 Å². The number of nitrogens with one attached hydrogen (secondary N) is 1. The number of carboxylic acid groups (broad SMARTS) is 1. The number of carbonyl (C=O) groups excluding carboxylic acids is 1. The van der Waals surface area contributed by atoms with E-state index in [-0.39, 0.29) is 17.6 Å². The van der Waals surface area contributed by atoms with E-state index < -0.39 is 16.8 Å². The van der Waals surface area contributed by atoms with Gasteiger partial charge in [0.15, 0.2) is 5.15 Å². The Morgan fingerprint density at radius 2 is 1.73 bits per heavy atom. The molecule has 1 amide bonds. The normalized spacial score (nSPS) is 28.1. The minimum atomic E-state index is -0.790. The molecule has 2 N–H and O–H groups in total. The zero-order valence-electron chi connectivity index (χ0n) is 12.7. The monoisotopic (exact) mass is 325 g/mol. The molecule has 22 heavy (non-hydrogen) atoms. The summed E-state index contributed by atoms with van der Waals surface area (Å²) in [5, 5.41) is 12.4. The van der Waals surface area contributed by atoms with Crippen LogP contribution < -0.4 is 5.32 Å². The summed E-state index contributed by atoms with van der Waals surface area (Å²) < 4.78 is 0. The summed E-state index contributed by atoms with van der Waals surface area (Å²) in [5.41, 5.74) is -0.759. The van der Waals surface area contributed by atoms with Crippen molar-refractivity contribution in [1.29, 1.82) is 0 Å². The molecule has 1 fully saturated rings. The first kappa shape index (κ1) is 16.7. The van der Waals surface area contributed by atoms with Gasteiger partial charge in [0.2, 0.25) is 5.91 Å². The molecule has 0 aromatic carbocycles. The van der Waals surface area contributed by atoms with Crippen LogP contribution in [0.2, 0.25) is 5.15 Å². The molecule has 0 unspecified atom stereocenters. The lowest BCUT2D eigenvalue weighted by atomic mass is 9.65. The Bertz CT molecular complexity index is 583. The highest BCUT2D eigenvalue weighted by Crippen LogP contribution is 2.45. The predicted octanol–water partition coefficient (Wildman–Crippen LogP) is 2.42. The van der Waals surface area contributed by atoms with Crippen molar-refractivity contribution in [3.63, 3.8) is 0 Å². The van der Waals surface area contributed by atoms with E-state index in [1.807, 2.05) is 6.92 Å². The van der Waals surface area contributed by atoms with E-state index >= 15 is 0 Å². The molecule has 0 spiro atoms. The van der Waals surface area contributed by atoms with E-state index in [4.69, 9.17) is 11.6 Å². The van der Waals surface area contributed by atoms with Crippen molar-refractivity contribution in [3.05, 3.63) is 23.2 Å². The molecule has 0 bridgehead atoms. The lowest BCUT2D eigenvalue weighted by Crippen LogP contribution is -2.44. The summed E-state index contributed by atoms with van der Waals surface area (Å²) in [6.07, 6.45) is 5.11. The van der Waals surface area contributed by atoms with Crippen LogP contribution in [0.4, 0.5) is 0 Å². The number of rotatable bonds is 4. The fraction of sp³-hybridized carbons (Fsp3) is 0.600. The maximum absolute atomic E-state index is 12.4. The van der Waals surface area contributed by atoms with Crippen molar-refractivity contribution in [2.24, 2.45) is 10.8 Å². The van der Waals surface area contributed by atoms with E-state index in [9.17, 15) is 14.7 Å². The Balaban J connectivity index is 1.96. The summed E-state index contributed by atoms with van der Waals surface area (Å²) in [7, 11) is 0. The van der Waals surface area contributed by atoms with Crippen molar-refractivity contribution in [1.82, 2.24) is 15.3 Å². The standard InChI is InChI=1S/C15H20ClN3O3/c1-14(3-5-15(2,6-4-14)13(21)22)12(20)19-9-10-11(16)18-8-7-17-10/h7-8H,3-6,9H2,1-2H3,(H,19,20)(H,21,22)/t14-,15-. The molecule has 2 rings (SSSR count). The Kier molecular flexibility index (Phi) is 4.70. The van der Waals surface area contributed by atoms with E-state index in [0.29, 0.717) is 31.4 Å². The number of hydrogen-bond acceptors (Lipinski definition) is 4. The van der Waals surface area contributed by atoms with Crippen LogP contribution in [0.3, 0.4) is 0 Å². The molecular formula is C15H20ClN3O3. The first-order chi connectivity index (χ1) is 10.3. The molecule has 6 nitrogen and oxygen atoms in total. The molecule has 1 aliphatic carbocycles. The van der Waals surface area contributed by atoms with Crippen LogP contribution in [0, 0.1) is 10.8 Å². The topological polar surface area (TPSA) is 92.2 Å². The van der Waals surface area contributed by atoms with Gasteiger partial charge >= 0.3 is 5.97 Å². The first-order valence-electron chi connectivity index (χ1n) is 7.24. The van der Waals surface area contributed by atoms with Crippen molar-refractivity contribution >= 4 is 23.5 Å². The van der Waals surface area contributed by atoms with Gasteiger partial charge in [0.25, 0.3) is 0 Å². The molecule has 120 valence electrons. The van der Waals surface area contributed by atoms with Crippen LogP contribution in [0.1, 0.15) is 45.2 Å². The molecule has 1 aliphatic rings. The minimum absolute atomic E-state index is 0.0957. The molecule has 7 heteroatoms. The highest BCUT2D eigenvalue weighted by atomic mass is 35.5. The first-order valence-corrected chi connectivity index (χ1v) is 7.62. The van der Waals surface area contributed by atoms with Gasteiger partial charge in [-0.05, 0) is 32.6 Å². The van der Waals surface area contributed by atoms with Crippen molar-refractivity contribution in [2.45, 2.75) is 46.1 Å². The van der Waals surface area contributed by atoms with Gasteiger partial charge in [-0.25, -0.2) is 4.98 Å². The number of halogens is 1. The lowest BCUT2D eigenvalue weighted by molar-refractivity contribution is -0.153. The SMILES string of the molecule is C[C@]1(C(=O)O)CC[C@](C)(C(=O)NCc2nccnc2Cl)CC1. The molecule has 0 radical (unpaired) electrons. The summed E-state index contributed by atoms with van der Waals surface area (Å²) >= 11 is 5.91. The number of hydrogen-bond donors (Lipinski definition) is 2. The lowest BCUT2D eigenvalue weighted by Gasteiger charge is -2.39. The molecule has 0 atom stereocenters. The minimum Gasteiger partial charge on any atom is -0.481 e. The molecular weight excluding hydrogens is 306 g/mol. The number of aliphatic carboxylic acids is 1. The molecule has 1 aromatic rings. The van der Waals surface area contributed by atoms with Crippen LogP contribution in [0.15, 0.2) is 12.4 Å². The summed E-state index contributed by atoms with van der Waals surface area (Å²) in [6.45, 7) is 3.84.